The number of ether oxygens (including phenoxy) is 1. The second kappa shape index (κ2) is 5.45. The van der Waals surface area contributed by atoms with Crippen molar-refractivity contribution in [2.45, 2.75) is 24.8 Å². The smallest absolute Gasteiger partial charge is 0.290 e. The van der Waals surface area contributed by atoms with Gasteiger partial charge in [-0.15, -0.1) is 0 Å². The maximum atomic E-state index is 5.81. The summed E-state index contributed by atoms with van der Waals surface area (Å²) in [5.41, 5.74) is 1.03. The van der Waals surface area contributed by atoms with Gasteiger partial charge in [-0.05, 0) is 50.0 Å². The number of pyridine rings is 1. The van der Waals surface area contributed by atoms with Gasteiger partial charge in [0.1, 0.15) is 5.82 Å². The fourth-order valence-corrected chi connectivity index (χ4v) is 4.48. The molecule has 1 atom stereocenters. The van der Waals surface area contributed by atoms with Gasteiger partial charge < -0.3 is 9.64 Å². The predicted molar refractivity (Wildman–Crippen MR) is 95.3 cm³/mol. The van der Waals surface area contributed by atoms with Crippen LogP contribution in [0.15, 0.2) is 41.4 Å². The standard InChI is InChI=1S/C19H22N4O/c1-2-4-16-14(3-1)5-6-17(20-16)21-18-22-19(9-12-24-18)13-23-10-7-15(19)8-11-23/h1-6,15H,7-13H2,(H,20,21,22). The number of aliphatic imine (C=N–C) groups is 1. The van der Waals surface area contributed by atoms with Crippen molar-refractivity contribution < 1.29 is 4.74 Å². The van der Waals surface area contributed by atoms with Gasteiger partial charge in [0.15, 0.2) is 0 Å². The number of hydrogen-bond acceptors (Lipinski definition) is 5. The summed E-state index contributed by atoms with van der Waals surface area (Å²) < 4.78 is 5.81. The first kappa shape index (κ1) is 14.2. The molecule has 0 amide bonds. The van der Waals surface area contributed by atoms with E-state index in [1.807, 2.05) is 24.3 Å². The summed E-state index contributed by atoms with van der Waals surface area (Å²) in [5, 5.41) is 4.44. The van der Waals surface area contributed by atoms with Crippen LogP contribution < -0.4 is 5.32 Å². The SMILES string of the molecule is c1ccc2nc(NC3=NC4(CCO3)CN3CCC4CC3)ccc2c1. The van der Waals surface area contributed by atoms with Gasteiger partial charge in [-0.25, -0.2) is 9.98 Å². The van der Waals surface area contributed by atoms with E-state index in [2.05, 4.69) is 27.3 Å². The Morgan fingerprint density at radius 2 is 2.00 bits per heavy atom. The van der Waals surface area contributed by atoms with E-state index in [4.69, 9.17) is 9.73 Å². The second-order valence-corrected chi connectivity index (χ2v) is 7.18. The van der Waals surface area contributed by atoms with E-state index in [1.54, 1.807) is 0 Å². The third-order valence-electron chi connectivity index (χ3n) is 5.78. The number of anilines is 1. The Kier molecular flexibility index (Phi) is 3.23. The minimum Gasteiger partial charge on any atom is -0.465 e. The van der Waals surface area contributed by atoms with E-state index in [0.717, 1.165) is 36.3 Å². The molecule has 0 aliphatic carbocycles. The minimum atomic E-state index is 0.0495. The average molecular weight is 322 g/mol. The quantitative estimate of drug-likeness (QED) is 0.877. The van der Waals surface area contributed by atoms with Crippen molar-refractivity contribution in [2.24, 2.45) is 10.9 Å². The Bertz CT molecular complexity index is 797. The molecule has 1 aromatic heterocycles. The third-order valence-corrected chi connectivity index (χ3v) is 5.78. The molecule has 5 heterocycles. The lowest BCUT2D eigenvalue weighted by atomic mass is 9.71. The number of para-hydroxylation sites is 1. The van der Waals surface area contributed by atoms with Crippen LogP contribution in [0.5, 0.6) is 0 Å². The molecule has 1 spiro atoms. The van der Waals surface area contributed by atoms with Crippen LogP contribution in [0.1, 0.15) is 19.3 Å². The van der Waals surface area contributed by atoms with Crippen LogP contribution in [0, 0.1) is 5.92 Å². The van der Waals surface area contributed by atoms with Gasteiger partial charge >= 0.3 is 0 Å². The molecule has 4 aliphatic rings. The number of rotatable bonds is 1. The zero-order chi connectivity index (χ0) is 16.0. The van der Waals surface area contributed by atoms with Crippen LogP contribution in [0.3, 0.4) is 0 Å². The largest absolute Gasteiger partial charge is 0.465 e. The maximum Gasteiger partial charge on any atom is 0.290 e. The first-order chi connectivity index (χ1) is 11.8. The van der Waals surface area contributed by atoms with E-state index in [-0.39, 0.29) is 5.54 Å². The number of fused-ring (bicyclic) bond motifs is 3. The molecule has 2 aromatic rings. The van der Waals surface area contributed by atoms with Crippen LogP contribution in [0.2, 0.25) is 0 Å². The number of piperidine rings is 3. The molecule has 3 fully saturated rings. The Hall–Kier alpha value is -2.14. The molecular weight excluding hydrogens is 300 g/mol. The van der Waals surface area contributed by atoms with Crippen LogP contribution in [-0.2, 0) is 4.74 Å². The molecule has 3 saturated heterocycles. The Labute approximate surface area is 141 Å². The van der Waals surface area contributed by atoms with Gasteiger partial charge in [0.25, 0.3) is 6.02 Å². The van der Waals surface area contributed by atoms with Crippen molar-refractivity contribution in [3.8, 4) is 0 Å². The van der Waals surface area contributed by atoms with E-state index >= 15 is 0 Å². The monoisotopic (exact) mass is 322 g/mol. The van der Waals surface area contributed by atoms with Crippen LogP contribution in [0.4, 0.5) is 5.82 Å². The van der Waals surface area contributed by atoms with Gasteiger partial charge in [0.2, 0.25) is 0 Å². The first-order valence-electron chi connectivity index (χ1n) is 8.89. The van der Waals surface area contributed by atoms with Crippen molar-refractivity contribution >= 4 is 22.7 Å². The van der Waals surface area contributed by atoms with Gasteiger partial charge in [0.05, 0.1) is 17.7 Å². The van der Waals surface area contributed by atoms with Crippen molar-refractivity contribution in [1.82, 2.24) is 9.88 Å². The second-order valence-electron chi connectivity index (χ2n) is 7.18. The summed E-state index contributed by atoms with van der Waals surface area (Å²) in [5.74, 6) is 1.50. The molecule has 0 saturated carbocycles. The Morgan fingerprint density at radius 3 is 2.83 bits per heavy atom. The molecule has 5 nitrogen and oxygen atoms in total. The highest BCUT2D eigenvalue weighted by atomic mass is 16.5. The molecule has 5 heteroatoms. The lowest BCUT2D eigenvalue weighted by Gasteiger charge is -2.52. The molecule has 0 radical (unpaired) electrons. The highest BCUT2D eigenvalue weighted by molar-refractivity contribution is 5.90. The lowest BCUT2D eigenvalue weighted by molar-refractivity contribution is 0.00807. The molecule has 1 aromatic carbocycles. The maximum absolute atomic E-state index is 5.81. The first-order valence-corrected chi connectivity index (χ1v) is 8.89. The number of aromatic nitrogens is 1. The fraction of sp³-hybridized carbons (Fsp3) is 0.474. The number of nitrogens with zero attached hydrogens (tertiary/aromatic N) is 3. The molecule has 124 valence electrons. The van der Waals surface area contributed by atoms with Gasteiger partial charge in [-0.2, -0.15) is 0 Å². The molecule has 1 unspecified atom stereocenters. The molecule has 6 rings (SSSR count). The van der Waals surface area contributed by atoms with Gasteiger partial charge in [-0.3, -0.25) is 5.32 Å². The topological polar surface area (TPSA) is 49.8 Å². The number of nitrogens with one attached hydrogen (secondary N) is 1. The van der Waals surface area contributed by atoms with Gasteiger partial charge in [-0.1, -0.05) is 18.2 Å². The third kappa shape index (κ3) is 2.35. The number of hydrogen-bond donors (Lipinski definition) is 1. The molecule has 4 aliphatic heterocycles. The van der Waals surface area contributed by atoms with E-state index in [1.165, 1.54) is 25.9 Å². The lowest BCUT2D eigenvalue weighted by Crippen LogP contribution is -2.60. The molecule has 1 N–H and O–H groups in total. The van der Waals surface area contributed by atoms with Crippen molar-refractivity contribution in [3.05, 3.63) is 36.4 Å². The molecular formula is C19H22N4O. The van der Waals surface area contributed by atoms with Gasteiger partial charge in [0, 0.05) is 18.4 Å². The van der Waals surface area contributed by atoms with Crippen LogP contribution in [-0.4, -0.2) is 47.7 Å². The van der Waals surface area contributed by atoms with E-state index in [0.29, 0.717) is 11.9 Å². The molecule has 2 bridgehead atoms. The predicted octanol–water partition coefficient (Wildman–Crippen LogP) is 2.89. The summed E-state index contributed by atoms with van der Waals surface area (Å²) in [6, 6.07) is 12.8. The number of benzene rings is 1. The summed E-state index contributed by atoms with van der Waals surface area (Å²) >= 11 is 0. The highest BCUT2D eigenvalue weighted by Gasteiger charge is 2.48. The van der Waals surface area contributed by atoms with Crippen molar-refractivity contribution in [3.63, 3.8) is 0 Å². The Balaban J connectivity index is 1.43. The van der Waals surface area contributed by atoms with Crippen LogP contribution in [0.25, 0.3) is 10.9 Å². The summed E-state index contributed by atoms with van der Waals surface area (Å²) in [6.07, 6.45) is 3.57. The molecule has 24 heavy (non-hydrogen) atoms. The van der Waals surface area contributed by atoms with Crippen molar-refractivity contribution in [1.29, 1.82) is 0 Å². The van der Waals surface area contributed by atoms with E-state index in [9.17, 15) is 0 Å². The van der Waals surface area contributed by atoms with Crippen molar-refractivity contribution in [2.75, 3.05) is 31.6 Å². The normalized spacial score (nSPS) is 31.8. The zero-order valence-corrected chi connectivity index (χ0v) is 13.7. The summed E-state index contributed by atoms with van der Waals surface area (Å²) in [7, 11) is 0. The Morgan fingerprint density at radius 1 is 1.12 bits per heavy atom. The summed E-state index contributed by atoms with van der Waals surface area (Å²) in [4.78, 5) is 12.3. The summed E-state index contributed by atoms with van der Waals surface area (Å²) in [6.45, 7) is 4.29. The van der Waals surface area contributed by atoms with E-state index < -0.39 is 0 Å². The highest BCUT2D eigenvalue weighted by Crippen LogP contribution is 2.42. The average Bonchev–Trinajstić information content (AvgIpc) is 2.62. The zero-order valence-electron chi connectivity index (χ0n) is 13.7. The number of amidine groups is 1. The fourth-order valence-electron chi connectivity index (χ4n) is 4.48. The van der Waals surface area contributed by atoms with Crippen LogP contribution >= 0.6 is 0 Å². The minimum absolute atomic E-state index is 0.0495.